The molecular weight excluding hydrogens is 346 g/mol. The summed E-state index contributed by atoms with van der Waals surface area (Å²) in [7, 11) is 0. The number of carboxylic acid groups (broad SMARTS) is 1. The Bertz CT molecular complexity index is 840. The molecule has 2 fully saturated rings. The van der Waals surface area contributed by atoms with Gasteiger partial charge in [0.05, 0.1) is 0 Å². The zero-order valence-electron chi connectivity index (χ0n) is 14.7. The lowest BCUT2D eigenvalue weighted by molar-refractivity contribution is -0.148. The van der Waals surface area contributed by atoms with Crippen LogP contribution in [0.15, 0.2) is 54.6 Å². The molecule has 0 bridgehead atoms. The number of ether oxygens (including phenoxy) is 1. The first-order chi connectivity index (χ1) is 13.1. The molecule has 4 rings (SSSR count). The number of fused-ring (bicyclic) bond motifs is 1. The molecule has 2 atom stereocenters. The summed E-state index contributed by atoms with van der Waals surface area (Å²) in [6.07, 6.45) is 0. The predicted octanol–water partition coefficient (Wildman–Crippen LogP) is 2.62. The molecule has 2 aliphatic heterocycles. The molecule has 2 aromatic rings. The van der Waals surface area contributed by atoms with Gasteiger partial charge in [0.15, 0.2) is 0 Å². The van der Waals surface area contributed by atoms with E-state index >= 15 is 0 Å². The molecule has 140 valence electrons. The lowest BCUT2D eigenvalue weighted by Crippen LogP contribution is -2.42. The Morgan fingerprint density at radius 2 is 1.81 bits per heavy atom. The summed E-state index contributed by atoms with van der Waals surface area (Å²) >= 11 is 0. The van der Waals surface area contributed by atoms with E-state index in [2.05, 4.69) is 10.6 Å². The van der Waals surface area contributed by atoms with Crippen LogP contribution in [0.3, 0.4) is 0 Å². The van der Waals surface area contributed by atoms with E-state index < -0.39 is 11.4 Å². The topological polar surface area (TPSA) is 90.9 Å². The van der Waals surface area contributed by atoms with Gasteiger partial charge in [0.2, 0.25) is 0 Å². The van der Waals surface area contributed by atoms with E-state index in [1.807, 2.05) is 30.3 Å². The number of benzene rings is 2. The van der Waals surface area contributed by atoms with Crippen molar-refractivity contribution in [1.82, 2.24) is 10.2 Å². The fourth-order valence-corrected chi connectivity index (χ4v) is 3.81. The molecule has 27 heavy (non-hydrogen) atoms. The number of anilines is 1. The van der Waals surface area contributed by atoms with E-state index in [1.165, 1.54) is 0 Å². The second kappa shape index (κ2) is 6.92. The predicted molar refractivity (Wildman–Crippen MR) is 100.0 cm³/mol. The number of amides is 2. The summed E-state index contributed by atoms with van der Waals surface area (Å²) in [6, 6.07) is 16.3. The van der Waals surface area contributed by atoms with Crippen LogP contribution in [0.25, 0.3) is 0 Å². The Labute approximate surface area is 156 Å². The first kappa shape index (κ1) is 17.4. The van der Waals surface area contributed by atoms with E-state index in [0.29, 0.717) is 31.1 Å². The molecule has 2 saturated heterocycles. The Kier molecular flexibility index (Phi) is 4.45. The number of aliphatic carboxylic acids is 1. The monoisotopic (exact) mass is 367 g/mol. The van der Waals surface area contributed by atoms with Gasteiger partial charge in [-0.25, -0.2) is 4.79 Å². The fraction of sp³-hybridized carbons (Fsp3) is 0.300. The van der Waals surface area contributed by atoms with Gasteiger partial charge in [0.25, 0.3) is 0 Å². The Morgan fingerprint density at radius 1 is 1.11 bits per heavy atom. The highest BCUT2D eigenvalue weighted by Gasteiger charge is 2.56. The van der Waals surface area contributed by atoms with Crippen LogP contribution < -0.4 is 15.4 Å². The molecule has 3 N–H and O–H groups in total. The first-order valence-corrected chi connectivity index (χ1v) is 8.90. The van der Waals surface area contributed by atoms with Crippen LogP contribution in [0.2, 0.25) is 0 Å². The number of carbonyl (C=O) groups excluding carboxylic acids is 1. The fourth-order valence-electron chi connectivity index (χ4n) is 3.81. The molecule has 0 saturated carbocycles. The van der Waals surface area contributed by atoms with Crippen molar-refractivity contribution in [2.24, 2.45) is 11.3 Å². The molecular formula is C20H21N3O4. The maximum absolute atomic E-state index is 12.6. The molecule has 0 spiro atoms. The number of para-hydroxylation sites is 1. The van der Waals surface area contributed by atoms with Crippen molar-refractivity contribution in [3.05, 3.63) is 54.6 Å². The number of nitrogens with one attached hydrogen (secondary N) is 2. The summed E-state index contributed by atoms with van der Waals surface area (Å²) < 4.78 is 5.73. The SMILES string of the molecule is O=C(Nc1ccc(Oc2ccccc2)cc1)N1C[C@@H]2CNC[C@]2(C(=O)O)C1. The lowest BCUT2D eigenvalue weighted by atomic mass is 9.81. The van der Waals surface area contributed by atoms with Gasteiger partial charge in [-0.3, -0.25) is 4.79 Å². The Balaban J connectivity index is 1.38. The van der Waals surface area contributed by atoms with Crippen molar-refractivity contribution >= 4 is 17.7 Å². The van der Waals surface area contributed by atoms with Crippen molar-refractivity contribution < 1.29 is 19.4 Å². The smallest absolute Gasteiger partial charge is 0.321 e. The van der Waals surface area contributed by atoms with Gasteiger partial charge in [-0.2, -0.15) is 0 Å². The summed E-state index contributed by atoms with van der Waals surface area (Å²) in [4.78, 5) is 25.9. The highest BCUT2D eigenvalue weighted by Crippen LogP contribution is 2.39. The van der Waals surface area contributed by atoms with E-state index in [9.17, 15) is 14.7 Å². The average Bonchev–Trinajstić information content (AvgIpc) is 3.23. The number of carboxylic acids is 1. The highest BCUT2D eigenvalue weighted by molar-refractivity contribution is 5.90. The normalized spacial score (nSPS) is 23.7. The third-order valence-corrected chi connectivity index (χ3v) is 5.32. The van der Waals surface area contributed by atoms with Crippen LogP contribution in [0.5, 0.6) is 11.5 Å². The molecule has 2 aromatic carbocycles. The number of hydrogen-bond acceptors (Lipinski definition) is 4. The second-order valence-corrected chi connectivity index (χ2v) is 7.04. The molecule has 7 nitrogen and oxygen atoms in total. The molecule has 0 aromatic heterocycles. The number of likely N-dealkylation sites (tertiary alicyclic amines) is 1. The molecule has 0 radical (unpaired) electrons. The Hall–Kier alpha value is -3.06. The van der Waals surface area contributed by atoms with Crippen LogP contribution in [0.1, 0.15) is 0 Å². The summed E-state index contributed by atoms with van der Waals surface area (Å²) in [5.41, 5.74) is -0.231. The molecule has 0 aliphatic carbocycles. The van der Waals surface area contributed by atoms with Crippen LogP contribution >= 0.6 is 0 Å². The van der Waals surface area contributed by atoms with Gasteiger partial charge < -0.3 is 25.4 Å². The number of carbonyl (C=O) groups is 2. The van der Waals surface area contributed by atoms with Crippen LogP contribution in [-0.2, 0) is 4.79 Å². The average molecular weight is 367 g/mol. The molecule has 2 aliphatic rings. The largest absolute Gasteiger partial charge is 0.481 e. The van der Waals surface area contributed by atoms with Gasteiger partial charge in [0, 0.05) is 37.8 Å². The maximum atomic E-state index is 12.6. The van der Waals surface area contributed by atoms with Gasteiger partial charge in [-0.05, 0) is 36.4 Å². The summed E-state index contributed by atoms with van der Waals surface area (Å²) in [6.45, 7) is 1.70. The van der Waals surface area contributed by atoms with Crippen LogP contribution in [0.4, 0.5) is 10.5 Å². The molecule has 2 heterocycles. The summed E-state index contributed by atoms with van der Waals surface area (Å²) in [5, 5.41) is 15.6. The van der Waals surface area contributed by atoms with E-state index in [-0.39, 0.29) is 18.5 Å². The lowest BCUT2D eigenvalue weighted by Gasteiger charge is -2.22. The first-order valence-electron chi connectivity index (χ1n) is 8.90. The van der Waals surface area contributed by atoms with Gasteiger partial charge in [-0.1, -0.05) is 18.2 Å². The van der Waals surface area contributed by atoms with Crippen molar-refractivity contribution in [3.8, 4) is 11.5 Å². The zero-order valence-corrected chi connectivity index (χ0v) is 14.7. The van der Waals surface area contributed by atoms with E-state index in [0.717, 1.165) is 5.75 Å². The van der Waals surface area contributed by atoms with Crippen LogP contribution in [-0.4, -0.2) is 48.2 Å². The Morgan fingerprint density at radius 3 is 2.48 bits per heavy atom. The minimum absolute atomic E-state index is 0.0533. The molecule has 2 amide bonds. The number of nitrogens with zero attached hydrogens (tertiary/aromatic N) is 1. The van der Waals surface area contributed by atoms with E-state index in [4.69, 9.17) is 4.74 Å². The van der Waals surface area contributed by atoms with E-state index in [1.54, 1.807) is 29.2 Å². The zero-order chi connectivity index (χ0) is 18.9. The minimum atomic E-state index is -0.870. The van der Waals surface area contributed by atoms with Crippen molar-refractivity contribution in [2.75, 3.05) is 31.5 Å². The van der Waals surface area contributed by atoms with Crippen molar-refractivity contribution in [2.45, 2.75) is 0 Å². The number of rotatable bonds is 4. The van der Waals surface area contributed by atoms with Gasteiger partial charge in [0.1, 0.15) is 16.9 Å². The maximum Gasteiger partial charge on any atom is 0.321 e. The number of hydrogen-bond donors (Lipinski definition) is 3. The third-order valence-electron chi connectivity index (χ3n) is 5.32. The van der Waals surface area contributed by atoms with Crippen molar-refractivity contribution in [1.29, 1.82) is 0 Å². The quantitative estimate of drug-likeness (QED) is 0.773. The minimum Gasteiger partial charge on any atom is -0.481 e. The third kappa shape index (κ3) is 3.33. The van der Waals surface area contributed by atoms with Gasteiger partial charge in [-0.15, -0.1) is 0 Å². The summed E-state index contributed by atoms with van der Waals surface area (Å²) in [5.74, 6) is 0.522. The van der Waals surface area contributed by atoms with Gasteiger partial charge >= 0.3 is 12.0 Å². The van der Waals surface area contributed by atoms with Crippen molar-refractivity contribution in [3.63, 3.8) is 0 Å². The number of urea groups is 1. The molecule has 0 unspecified atom stereocenters. The molecule has 7 heteroatoms. The van der Waals surface area contributed by atoms with Crippen LogP contribution in [0, 0.1) is 11.3 Å². The standard InChI is InChI=1S/C20H21N3O4/c24-18(25)20-12-21-10-14(20)11-23(13-20)19(26)22-15-6-8-17(9-7-15)27-16-4-2-1-3-5-16/h1-9,14,21H,10-13H2,(H,22,26)(H,24,25)/t14-,20-/m0/s1. The second-order valence-electron chi connectivity index (χ2n) is 7.04. The highest BCUT2D eigenvalue weighted by atomic mass is 16.5.